The first-order valence-corrected chi connectivity index (χ1v) is 5.85. The number of aromatic nitrogens is 2. The first kappa shape index (κ1) is 10.8. The molecule has 1 aliphatic heterocycles. The fourth-order valence-corrected chi connectivity index (χ4v) is 2.18. The van der Waals surface area contributed by atoms with Crippen LogP contribution in [0.2, 0.25) is 0 Å². The van der Waals surface area contributed by atoms with Crippen LogP contribution >= 0.6 is 0 Å². The molecule has 0 saturated carbocycles. The van der Waals surface area contributed by atoms with Crippen molar-refractivity contribution in [1.29, 1.82) is 0 Å². The van der Waals surface area contributed by atoms with Crippen LogP contribution < -0.4 is 10.6 Å². The van der Waals surface area contributed by atoms with Crippen LogP contribution in [0.25, 0.3) is 6.08 Å². The van der Waals surface area contributed by atoms with Crippen molar-refractivity contribution in [2.24, 2.45) is 0 Å². The minimum absolute atomic E-state index is 0.558. The lowest BCUT2D eigenvalue weighted by Crippen LogP contribution is -2.22. The van der Waals surface area contributed by atoms with E-state index in [-0.39, 0.29) is 0 Å². The SMILES string of the molecule is Cc1ccccc1N1C=Cc2ncnc(N)c2C1. The highest BCUT2D eigenvalue weighted by molar-refractivity contribution is 5.67. The van der Waals surface area contributed by atoms with Crippen LogP contribution in [0.15, 0.2) is 36.8 Å². The number of hydrogen-bond acceptors (Lipinski definition) is 4. The second kappa shape index (κ2) is 4.14. The van der Waals surface area contributed by atoms with Crippen molar-refractivity contribution in [3.05, 3.63) is 53.6 Å². The number of benzene rings is 1. The Morgan fingerprint density at radius 1 is 1.22 bits per heavy atom. The van der Waals surface area contributed by atoms with Crippen LogP contribution in [0.3, 0.4) is 0 Å². The van der Waals surface area contributed by atoms with E-state index in [1.54, 1.807) is 0 Å². The molecule has 2 aromatic rings. The molecule has 90 valence electrons. The fourth-order valence-electron chi connectivity index (χ4n) is 2.18. The van der Waals surface area contributed by atoms with Gasteiger partial charge in [0.1, 0.15) is 12.1 Å². The van der Waals surface area contributed by atoms with Crippen LogP contribution in [-0.2, 0) is 6.54 Å². The Morgan fingerprint density at radius 2 is 2.06 bits per heavy atom. The Balaban J connectivity index is 2.01. The number of nitrogens with two attached hydrogens (primary N) is 1. The summed E-state index contributed by atoms with van der Waals surface area (Å²) in [6, 6.07) is 8.28. The Labute approximate surface area is 106 Å². The average molecular weight is 238 g/mol. The van der Waals surface area contributed by atoms with Crippen LogP contribution in [0.5, 0.6) is 0 Å². The maximum Gasteiger partial charge on any atom is 0.132 e. The summed E-state index contributed by atoms with van der Waals surface area (Å²) in [4.78, 5) is 10.4. The molecule has 0 radical (unpaired) electrons. The summed E-state index contributed by atoms with van der Waals surface area (Å²) in [5.74, 6) is 0.558. The van der Waals surface area contributed by atoms with Crippen molar-refractivity contribution in [3.8, 4) is 0 Å². The summed E-state index contributed by atoms with van der Waals surface area (Å²) in [6.45, 7) is 2.81. The van der Waals surface area contributed by atoms with Gasteiger partial charge in [-0.05, 0) is 24.6 Å². The van der Waals surface area contributed by atoms with Gasteiger partial charge in [-0.3, -0.25) is 0 Å². The van der Waals surface area contributed by atoms with Gasteiger partial charge in [0, 0.05) is 17.5 Å². The van der Waals surface area contributed by atoms with E-state index in [4.69, 9.17) is 5.73 Å². The smallest absolute Gasteiger partial charge is 0.132 e. The summed E-state index contributed by atoms with van der Waals surface area (Å²) in [7, 11) is 0. The van der Waals surface area contributed by atoms with Gasteiger partial charge in [0.05, 0.1) is 12.2 Å². The van der Waals surface area contributed by atoms with Crippen molar-refractivity contribution in [1.82, 2.24) is 9.97 Å². The molecular formula is C14H14N4. The molecule has 4 heteroatoms. The van der Waals surface area contributed by atoms with Gasteiger partial charge in [0.15, 0.2) is 0 Å². The second-order valence-corrected chi connectivity index (χ2v) is 4.35. The van der Waals surface area contributed by atoms with Crippen LogP contribution in [-0.4, -0.2) is 9.97 Å². The van der Waals surface area contributed by atoms with Gasteiger partial charge >= 0.3 is 0 Å². The molecule has 0 amide bonds. The number of nitrogen functional groups attached to an aromatic ring is 1. The predicted octanol–water partition coefficient (Wildman–Crippen LogP) is 2.36. The molecule has 0 fully saturated rings. The molecule has 0 bridgehead atoms. The minimum Gasteiger partial charge on any atom is -0.383 e. The number of nitrogens with zero attached hydrogens (tertiary/aromatic N) is 3. The van der Waals surface area contributed by atoms with E-state index in [1.165, 1.54) is 17.6 Å². The molecule has 1 aromatic carbocycles. The largest absolute Gasteiger partial charge is 0.383 e. The number of aryl methyl sites for hydroxylation is 1. The molecule has 4 nitrogen and oxygen atoms in total. The highest BCUT2D eigenvalue weighted by Crippen LogP contribution is 2.28. The molecule has 0 spiro atoms. The van der Waals surface area contributed by atoms with Gasteiger partial charge < -0.3 is 10.6 Å². The third-order valence-corrected chi connectivity index (χ3v) is 3.18. The summed E-state index contributed by atoms with van der Waals surface area (Å²) in [5.41, 5.74) is 10.2. The number of anilines is 2. The quantitative estimate of drug-likeness (QED) is 0.828. The Morgan fingerprint density at radius 3 is 2.89 bits per heavy atom. The lowest BCUT2D eigenvalue weighted by Gasteiger charge is -2.26. The third-order valence-electron chi connectivity index (χ3n) is 3.18. The van der Waals surface area contributed by atoms with Crippen LogP contribution in [0.1, 0.15) is 16.8 Å². The van der Waals surface area contributed by atoms with E-state index in [1.807, 2.05) is 24.4 Å². The molecule has 1 aliphatic rings. The molecule has 2 heterocycles. The standard InChI is InChI=1S/C14H14N4/c1-10-4-2-3-5-13(10)18-7-6-12-11(8-18)14(15)17-9-16-12/h2-7,9H,8H2,1H3,(H2,15,16,17). The zero-order valence-corrected chi connectivity index (χ0v) is 10.2. The number of hydrogen-bond donors (Lipinski definition) is 1. The predicted molar refractivity (Wildman–Crippen MR) is 72.8 cm³/mol. The topological polar surface area (TPSA) is 55.0 Å². The molecular weight excluding hydrogens is 224 g/mol. The number of para-hydroxylation sites is 1. The average Bonchev–Trinajstić information content (AvgIpc) is 2.40. The Hall–Kier alpha value is -2.36. The first-order chi connectivity index (χ1) is 8.75. The molecule has 0 atom stereocenters. The van der Waals surface area contributed by atoms with Crippen molar-refractivity contribution in [2.75, 3.05) is 10.6 Å². The molecule has 0 unspecified atom stereocenters. The molecule has 0 aliphatic carbocycles. The molecule has 3 rings (SSSR count). The van der Waals surface area contributed by atoms with Gasteiger partial charge in [0.2, 0.25) is 0 Å². The Bertz CT molecular complexity index is 619. The molecule has 18 heavy (non-hydrogen) atoms. The minimum atomic E-state index is 0.558. The summed E-state index contributed by atoms with van der Waals surface area (Å²) in [6.07, 6.45) is 5.52. The second-order valence-electron chi connectivity index (χ2n) is 4.35. The summed E-state index contributed by atoms with van der Waals surface area (Å²) >= 11 is 0. The number of rotatable bonds is 1. The fraction of sp³-hybridized carbons (Fsp3) is 0.143. The van der Waals surface area contributed by atoms with Crippen LogP contribution in [0.4, 0.5) is 11.5 Å². The zero-order chi connectivity index (χ0) is 12.5. The molecule has 0 saturated heterocycles. The van der Waals surface area contributed by atoms with Crippen LogP contribution in [0, 0.1) is 6.92 Å². The van der Waals surface area contributed by atoms with Gasteiger partial charge in [-0.25, -0.2) is 9.97 Å². The normalized spacial score (nSPS) is 13.5. The van der Waals surface area contributed by atoms with Gasteiger partial charge in [-0.1, -0.05) is 18.2 Å². The lowest BCUT2D eigenvalue weighted by molar-refractivity contribution is 0.919. The molecule has 1 aromatic heterocycles. The van der Waals surface area contributed by atoms with E-state index in [0.29, 0.717) is 12.4 Å². The van der Waals surface area contributed by atoms with E-state index >= 15 is 0 Å². The van der Waals surface area contributed by atoms with Gasteiger partial charge in [-0.2, -0.15) is 0 Å². The highest BCUT2D eigenvalue weighted by atomic mass is 15.1. The maximum atomic E-state index is 5.91. The van der Waals surface area contributed by atoms with E-state index < -0.39 is 0 Å². The third kappa shape index (κ3) is 1.72. The number of fused-ring (bicyclic) bond motifs is 1. The van der Waals surface area contributed by atoms with Gasteiger partial charge in [0.25, 0.3) is 0 Å². The summed E-state index contributed by atoms with van der Waals surface area (Å²) in [5, 5.41) is 0. The highest BCUT2D eigenvalue weighted by Gasteiger charge is 2.16. The first-order valence-electron chi connectivity index (χ1n) is 5.85. The Kier molecular flexibility index (Phi) is 2.48. The lowest BCUT2D eigenvalue weighted by atomic mass is 10.1. The summed E-state index contributed by atoms with van der Waals surface area (Å²) < 4.78 is 0. The van der Waals surface area contributed by atoms with E-state index in [9.17, 15) is 0 Å². The molecule has 2 N–H and O–H groups in total. The van der Waals surface area contributed by atoms with Crippen molar-refractivity contribution in [2.45, 2.75) is 13.5 Å². The zero-order valence-electron chi connectivity index (χ0n) is 10.2. The van der Waals surface area contributed by atoms with E-state index in [2.05, 4.69) is 33.9 Å². The van der Waals surface area contributed by atoms with Crippen molar-refractivity contribution in [3.63, 3.8) is 0 Å². The maximum absolute atomic E-state index is 5.91. The van der Waals surface area contributed by atoms with Crippen molar-refractivity contribution < 1.29 is 0 Å². The van der Waals surface area contributed by atoms with E-state index in [0.717, 1.165) is 11.3 Å². The van der Waals surface area contributed by atoms with Gasteiger partial charge in [-0.15, -0.1) is 0 Å². The monoisotopic (exact) mass is 238 g/mol. The van der Waals surface area contributed by atoms with Crippen molar-refractivity contribution >= 4 is 17.6 Å².